The normalized spacial score (nSPS) is 19.1. The largest absolute Gasteiger partial charge is 0.387 e. The van der Waals surface area contributed by atoms with Crippen molar-refractivity contribution in [2.75, 3.05) is 6.54 Å². The molecular weight excluding hydrogens is 298 g/mol. The number of nitrogens with zero attached hydrogens (tertiary/aromatic N) is 2. The third-order valence-electron chi connectivity index (χ3n) is 5.09. The molecule has 0 saturated heterocycles. The van der Waals surface area contributed by atoms with Gasteiger partial charge in [0.1, 0.15) is 0 Å². The number of hydrogen-bond acceptors (Lipinski definition) is 3. The molecule has 0 amide bonds. The fourth-order valence-corrected chi connectivity index (χ4v) is 3.50. The summed E-state index contributed by atoms with van der Waals surface area (Å²) >= 11 is 0. The van der Waals surface area contributed by atoms with Gasteiger partial charge in [-0.1, -0.05) is 45.0 Å². The molecule has 0 bridgehead atoms. The molecule has 1 aliphatic carbocycles. The average molecular weight is 327 g/mol. The van der Waals surface area contributed by atoms with Gasteiger partial charge in [0.05, 0.1) is 12.3 Å². The lowest BCUT2D eigenvalue weighted by atomic mass is 9.86. The van der Waals surface area contributed by atoms with Gasteiger partial charge in [0, 0.05) is 30.9 Å². The zero-order chi connectivity index (χ0) is 17.3. The van der Waals surface area contributed by atoms with E-state index in [1.807, 2.05) is 30.1 Å². The SMILES string of the molecule is Cn1ncc2c1CCCC2NCC(O)c1ccc(C(C)(C)C)cc1. The van der Waals surface area contributed by atoms with Crippen molar-refractivity contribution >= 4 is 0 Å². The number of aliphatic hydroxyl groups excluding tert-OH is 1. The lowest BCUT2D eigenvalue weighted by Gasteiger charge is -2.25. The Hall–Kier alpha value is -1.65. The first-order valence-corrected chi connectivity index (χ1v) is 8.89. The van der Waals surface area contributed by atoms with Crippen LogP contribution in [0.3, 0.4) is 0 Å². The lowest BCUT2D eigenvalue weighted by Crippen LogP contribution is -2.29. The molecular formula is C20H29N3O. The Morgan fingerprint density at radius 3 is 2.67 bits per heavy atom. The zero-order valence-corrected chi connectivity index (χ0v) is 15.2. The average Bonchev–Trinajstić information content (AvgIpc) is 2.94. The molecule has 0 radical (unpaired) electrons. The second-order valence-corrected chi connectivity index (χ2v) is 7.91. The van der Waals surface area contributed by atoms with Crippen LogP contribution in [0.5, 0.6) is 0 Å². The Kier molecular flexibility index (Phi) is 4.79. The molecule has 2 N–H and O–H groups in total. The van der Waals surface area contributed by atoms with Crippen molar-refractivity contribution in [3.63, 3.8) is 0 Å². The summed E-state index contributed by atoms with van der Waals surface area (Å²) in [4.78, 5) is 0. The Bertz CT molecular complexity index is 682. The van der Waals surface area contributed by atoms with Crippen molar-refractivity contribution < 1.29 is 5.11 Å². The second-order valence-electron chi connectivity index (χ2n) is 7.91. The Morgan fingerprint density at radius 2 is 2.00 bits per heavy atom. The minimum atomic E-state index is -0.485. The van der Waals surface area contributed by atoms with Gasteiger partial charge in [0.2, 0.25) is 0 Å². The maximum Gasteiger partial charge on any atom is 0.0914 e. The molecule has 0 spiro atoms. The summed E-state index contributed by atoms with van der Waals surface area (Å²) < 4.78 is 1.98. The molecule has 1 aromatic heterocycles. The van der Waals surface area contributed by atoms with Crippen molar-refractivity contribution in [2.45, 2.75) is 57.6 Å². The molecule has 0 aliphatic heterocycles. The van der Waals surface area contributed by atoms with Gasteiger partial charge in [-0.15, -0.1) is 0 Å². The van der Waals surface area contributed by atoms with Crippen LogP contribution in [0.15, 0.2) is 30.5 Å². The zero-order valence-electron chi connectivity index (χ0n) is 15.2. The molecule has 4 heteroatoms. The van der Waals surface area contributed by atoms with Gasteiger partial charge in [0.15, 0.2) is 0 Å². The molecule has 1 aliphatic rings. The van der Waals surface area contributed by atoms with E-state index in [-0.39, 0.29) is 5.41 Å². The molecule has 24 heavy (non-hydrogen) atoms. The van der Waals surface area contributed by atoms with Crippen molar-refractivity contribution in [2.24, 2.45) is 7.05 Å². The molecule has 4 nitrogen and oxygen atoms in total. The Balaban J connectivity index is 1.63. The van der Waals surface area contributed by atoms with Crippen LogP contribution in [-0.2, 0) is 18.9 Å². The maximum absolute atomic E-state index is 10.5. The summed E-state index contributed by atoms with van der Waals surface area (Å²) in [6.45, 7) is 7.17. The van der Waals surface area contributed by atoms with Crippen LogP contribution in [0, 0.1) is 0 Å². The molecule has 2 unspecified atom stereocenters. The first-order chi connectivity index (χ1) is 11.4. The fourth-order valence-electron chi connectivity index (χ4n) is 3.50. The molecule has 1 aromatic carbocycles. The predicted molar refractivity (Wildman–Crippen MR) is 97.0 cm³/mol. The van der Waals surface area contributed by atoms with Crippen LogP contribution in [0.4, 0.5) is 0 Å². The van der Waals surface area contributed by atoms with E-state index in [1.54, 1.807) is 0 Å². The first-order valence-electron chi connectivity index (χ1n) is 8.89. The van der Waals surface area contributed by atoms with Crippen molar-refractivity contribution in [1.82, 2.24) is 15.1 Å². The highest BCUT2D eigenvalue weighted by Crippen LogP contribution is 2.30. The molecule has 1 heterocycles. The highest BCUT2D eigenvalue weighted by atomic mass is 16.3. The van der Waals surface area contributed by atoms with Gasteiger partial charge >= 0.3 is 0 Å². The van der Waals surface area contributed by atoms with Crippen LogP contribution >= 0.6 is 0 Å². The third kappa shape index (κ3) is 3.55. The van der Waals surface area contributed by atoms with Crippen molar-refractivity contribution in [3.8, 4) is 0 Å². The van der Waals surface area contributed by atoms with Gasteiger partial charge in [-0.05, 0) is 35.8 Å². The number of benzene rings is 1. The van der Waals surface area contributed by atoms with Crippen molar-refractivity contribution in [1.29, 1.82) is 0 Å². The minimum absolute atomic E-state index is 0.139. The molecule has 3 rings (SSSR count). The Morgan fingerprint density at radius 1 is 1.29 bits per heavy atom. The number of fused-ring (bicyclic) bond motifs is 1. The third-order valence-corrected chi connectivity index (χ3v) is 5.09. The van der Waals surface area contributed by atoms with E-state index in [4.69, 9.17) is 0 Å². The smallest absolute Gasteiger partial charge is 0.0914 e. The fraction of sp³-hybridized carbons (Fsp3) is 0.550. The van der Waals surface area contributed by atoms with E-state index in [9.17, 15) is 5.11 Å². The second kappa shape index (κ2) is 6.69. The van der Waals surface area contributed by atoms with Gasteiger partial charge in [-0.3, -0.25) is 4.68 Å². The summed E-state index contributed by atoms with van der Waals surface area (Å²) in [5, 5.41) is 18.4. The molecule has 2 aromatic rings. The number of aryl methyl sites for hydroxylation is 1. The van der Waals surface area contributed by atoms with Crippen LogP contribution in [0.25, 0.3) is 0 Å². The molecule has 0 fully saturated rings. The van der Waals surface area contributed by atoms with Crippen LogP contribution in [0.2, 0.25) is 0 Å². The first kappa shape index (κ1) is 17.2. The van der Waals surface area contributed by atoms with Gasteiger partial charge < -0.3 is 10.4 Å². The summed E-state index contributed by atoms with van der Waals surface area (Å²) in [7, 11) is 2.01. The monoisotopic (exact) mass is 327 g/mol. The summed E-state index contributed by atoms with van der Waals surface area (Å²) in [6, 6.07) is 8.63. The van der Waals surface area contributed by atoms with Gasteiger partial charge in [-0.25, -0.2) is 0 Å². The van der Waals surface area contributed by atoms with Crippen LogP contribution < -0.4 is 5.32 Å². The van der Waals surface area contributed by atoms with Crippen molar-refractivity contribution in [3.05, 3.63) is 52.8 Å². The topological polar surface area (TPSA) is 50.1 Å². The van der Waals surface area contributed by atoms with Gasteiger partial charge in [0.25, 0.3) is 0 Å². The maximum atomic E-state index is 10.5. The minimum Gasteiger partial charge on any atom is -0.387 e. The van der Waals surface area contributed by atoms with Crippen LogP contribution in [-0.4, -0.2) is 21.4 Å². The van der Waals surface area contributed by atoms with E-state index < -0.39 is 6.10 Å². The predicted octanol–water partition coefficient (Wildman–Crippen LogP) is 3.42. The highest BCUT2D eigenvalue weighted by Gasteiger charge is 2.24. The number of rotatable bonds is 4. The quantitative estimate of drug-likeness (QED) is 0.905. The van der Waals surface area contributed by atoms with E-state index in [2.05, 4.69) is 43.3 Å². The van der Waals surface area contributed by atoms with Crippen LogP contribution in [0.1, 0.15) is 68.1 Å². The van der Waals surface area contributed by atoms with E-state index in [0.717, 1.165) is 18.4 Å². The lowest BCUT2D eigenvalue weighted by molar-refractivity contribution is 0.168. The summed E-state index contributed by atoms with van der Waals surface area (Å²) in [6.07, 6.45) is 4.85. The standard InChI is InChI=1S/C20H29N3O/c1-20(2,3)15-10-8-14(9-11-15)19(24)13-21-17-6-5-7-18-16(17)12-22-23(18)4/h8-12,17,19,21,24H,5-7,13H2,1-4H3. The van der Waals surface area contributed by atoms with Gasteiger partial charge in [-0.2, -0.15) is 5.10 Å². The van der Waals surface area contributed by atoms with E-state index in [1.165, 1.54) is 23.2 Å². The number of hydrogen-bond donors (Lipinski definition) is 2. The summed E-state index contributed by atoms with van der Waals surface area (Å²) in [5.74, 6) is 0. The van der Waals surface area contributed by atoms with E-state index in [0.29, 0.717) is 12.6 Å². The number of nitrogens with one attached hydrogen (secondary N) is 1. The molecule has 2 atom stereocenters. The summed E-state index contributed by atoms with van der Waals surface area (Å²) in [5.41, 5.74) is 5.01. The number of aromatic nitrogens is 2. The Labute approximate surface area is 144 Å². The number of aliphatic hydroxyl groups is 1. The molecule has 130 valence electrons. The molecule has 0 saturated carbocycles. The van der Waals surface area contributed by atoms with E-state index >= 15 is 0 Å². The highest BCUT2D eigenvalue weighted by molar-refractivity contribution is 5.29.